The molecule has 2 N–H and O–H groups in total. The van der Waals surface area contributed by atoms with Crippen molar-refractivity contribution in [2.45, 2.75) is 38.6 Å². The highest BCUT2D eigenvalue weighted by Gasteiger charge is 2.31. The van der Waals surface area contributed by atoms with E-state index in [1.54, 1.807) is 6.08 Å². The average molecular weight is 294 g/mol. The molecule has 0 aliphatic heterocycles. The van der Waals surface area contributed by atoms with Crippen molar-refractivity contribution in [3.8, 4) is 0 Å². The lowest BCUT2D eigenvalue weighted by atomic mass is 9.84. The first-order chi connectivity index (χ1) is 9.56. The minimum absolute atomic E-state index is 0.256. The second kappa shape index (κ2) is 6.65. The van der Waals surface area contributed by atoms with Crippen LogP contribution in [0.15, 0.2) is 11.5 Å². The van der Waals surface area contributed by atoms with Crippen LogP contribution >= 0.6 is 11.3 Å². The largest absolute Gasteiger partial charge is 0.481 e. The van der Waals surface area contributed by atoms with Crippen LogP contribution in [-0.4, -0.2) is 28.0 Å². The van der Waals surface area contributed by atoms with Crippen molar-refractivity contribution >= 4 is 29.3 Å². The fraction of sp³-hybridized carbons (Fsp3) is 0.500. The summed E-state index contributed by atoms with van der Waals surface area (Å²) >= 11 is 1.52. The Balaban J connectivity index is 1.93. The third-order valence-electron chi connectivity index (χ3n) is 3.45. The Labute approximate surface area is 121 Å². The number of carboxylic acid groups (broad SMARTS) is 1. The van der Waals surface area contributed by atoms with Crippen LogP contribution in [0.1, 0.15) is 36.4 Å². The third-order valence-corrected chi connectivity index (χ3v) is 4.24. The number of hydrogen-bond donors (Lipinski definition) is 2. The molecule has 1 aliphatic carbocycles. The first kappa shape index (κ1) is 14.7. The van der Waals surface area contributed by atoms with Crippen LogP contribution in [0, 0.1) is 12.8 Å². The van der Waals surface area contributed by atoms with Crippen LogP contribution in [0.2, 0.25) is 0 Å². The number of carbonyl (C=O) groups is 2. The van der Waals surface area contributed by atoms with Gasteiger partial charge < -0.3 is 10.4 Å². The van der Waals surface area contributed by atoms with Crippen LogP contribution < -0.4 is 5.32 Å². The summed E-state index contributed by atoms with van der Waals surface area (Å²) in [5.41, 5.74) is 0.751. The summed E-state index contributed by atoms with van der Waals surface area (Å²) in [7, 11) is 0. The summed E-state index contributed by atoms with van der Waals surface area (Å²) in [5, 5.41) is 14.8. The highest BCUT2D eigenvalue weighted by molar-refractivity contribution is 7.09. The van der Waals surface area contributed by atoms with E-state index in [1.165, 1.54) is 17.4 Å². The van der Waals surface area contributed by atoms with Gasteiger partial charge in [-0.05, 0) is 25.8 Å². The molecule has 1 heterocycles. The monoisotopic (exact) mass is 294 g/mol. The summed E-state index contributed by atoms with van der Waals surface area (Å²) in [4.78, 5) is 27.2. The zero-order chi connectivity index (χ0) is 14.5. The smallest absolute Gasteiger partial charge is 0.308 e. The van der Waals surface area contributed by atoms with Crippen LogP contribution in [0.4, 0.5) is 0 Å². The second-order valence-electron chi connectivity index (χ2n) is 4.97. The lowest BCUT2D eigenvalue weighted by Crippen LogP contribution is -2.44. The highest BCUT2D eigenvalue weighted by Crippen LogP contribution is 2.24. The molecule has 0 aromatic carbocycles. The first-order valence-corrected chi connectivity index (χ1v) is 7.58. The molecule has 1 amide bonds. The predicted molar refractivity (Wildman–Crippen MR) is 77.4 cm³/mol. The minimum Gasteiger partial charge on any atom is -0.481 e. The van der Waals surface area contributed by atoms with Crippen molar-refractivity contribution in [2.75, 3.05) is 0 Å². The zero-order valence-electron chi connectivity index (χ0n) is 11.3. The number of aromatic nitrogens is 1. The maximum atomic E-state index is 11.8. The van der Waals surface area contributed by atoms with Gasteiger partial charge in [-0.1, -0.05) is 12.8 Å². The van der Waals surface area contributed by atoms with Crippen LogP contribution in [-0.2, 0) is 9.59 Å². The lowest BCUT2D eigenvalue weighted by Gasteiger charge is -2.28. The highest BCUT2D eigenvalue weighted by atomic mass is 32.1. The number of rotatable bonds is 4. The van der Waals surface area contributed by atoms with E-state index in [0.29, 0.717) is 6.42 Å². The number of aliphatic carboxylic acids is 1. The molecule has 0 bridgehead atoms. The molecule has 1 aromatic heterocycles. The van der Waals surface area contributed by atoms with Gasteiger partial charge in [0.1, 0.15) is 0 Å². The Hall–Kier alpha value is -1.69. The topological polar surface area (TPSA) is 79.3 Å². The molecule has 5 nitrogen and oxygen atoms in total. The van der Waals surface area contributed by atoms with Crippen molar-refractivity contribution in [1.29, 1.82) is 0 Å². The van der Waals surface area contributed by atoms with E-state index < -0.39 is 11.9 Å². The van der Waals surface area contributed by atoms with Gasteiger partial charge in [0.15, 0.2) is 0 Å². The van der Waals surface area contributed by atoms with Crippen molar-refractivity contribution in [1.82, 2.24) is 10.3 Å². The van der Waals surface area contributed by atoms with Crippen LogP contribution in [0.5, 0.6) is 0 Å². The van der Waals surface area contributed by atoms with Gasteiger partial charge in [0.2, 0.25) is 5.91 Å². The van der Waals surface area contributed by atoms with Gasteiger partial charge in [-0.2, -0.15) is 0 Å². The quantitative estimate of drug-likeness (QED) is 0.835. The average Bonchev–Trinajstić information content (AvgIpc) is 2.83. The number of thiazole rings is 1. The fourth-order valence-corrected chi connectivity index (χ4v) is 3.03. The van der Waals surface area contributed by atoms with Crippen molar-refractivity contribution in [3.63, 3.8) is 0 Å². The SMILES string of the molecule is Cc1nc(C=CC(=O)NC2CCCCC2C(=O)O)cs1. The first-order valence-electron chi connectivity index (χ1n) is 6.70. The van der Waals surface area contributed by atoms with E-state index >= 15 is 0 Å². The van der Waals surface area contributed by atoms with E-state index in [1.807, 2.05) is 12.3 Å². The molecule has 20 heavy (non-hydrogen) atoms. The normalized spacial score (nSPS) is 22.9. The summed E-state index contributed by atoms with van der Waals surface area (Å²) in [6, 6.07) is -0.268. The Morgan fingerprint density at radius 2 is 2.20 bits per heavy atom. The molecular weight excluding hydrogens is 276 g/mol. The summed E-state index contributed by atoms with van der Waals surface area (Å²) in [6.45, 7) is 1.90. The van der Waals surface area contributed by atoms with Crippen molar-refractivity contribution in [2.24, 2.45) is 5.92 Å². The Morgan fingerprint density at radius 3 is 2.85 bits per heavy atom. The Kier molecular flexibility index (Phi) is 4.89. The summed E-state index contributed by atoms with van der Waals surface area (Å²) in [5.74, 6) is -1.55. The van der Waals surface area contributed by atoms with E-state index in [9.17, 15) is 9.59 Å². The molecule has 2 atom stereocenters. The number of nitrogens with one attached hydrogen (secondary N) is 1. The predicted octanol–water partition coefficient (Wildman–Crippen LogP) is 2.22. The van der Waals surface area contributed by atoms with Gasteiger partial charge >= 0.3 is 5.97 Å². The van der Waals surface area contributed by atoms with Crippen molar-refractivity contribution in [3.05, 3.63) is 22.2 Å². The number of hydrogen-bond acceptors (Lipinski definition) is 4. The van der Waals surface area contributed by atoms with Crippen molar-refractivity contribution < 1.29 is 14.7 Å². The molecule has 1 aromatic rings. The van der Waals surface area contributed by atoms with Gasteiger partial charge in [0, 0.05) is 17.5 Å². The molecule has 0 spiro atoms. The van der Waals surface area contributed by atoms with E-state index in [0.717, 1.165) is 30.0 Å². The zero-order valence-corrected chi connectivity index (χ0v) is 12.2. The van der Waals surface area contributed by atoms with Gasteiger partial charge in [-0.25, -0.2) is 4.98 Å². The maximum absolute atomic E-state index is 11.8. The Bertz CT molecular complexity index is 524. The van der Waals surface area contributed by atoms with Gasteiger partial charge in [-0.15, -0.1) is 11.3 Å². The number of carbonyl (C=O) groups excluding carboxylic acids is 1. The molecule has 0 radical (unpaired) electrons. The number of amides is 1. The second-order valence-corrected chi connectivity index (χ2v) is 6.03. The van der Waals surface area contributed by atoms with E-state index in [-0.39, 0.29) is 11.9 Å². The summed E-state index contributed by atoms with van der Waals surface area (Å²) < 4.78 is 0. The minimum atomic E-state index is -0.825. The van der Waals surface area contributed by atoms with Gasteiger partial charge in [0.05, 0.1) is 16.6 Å². The maximum Gasteiger partial charge on any atom is 0.308 e. The number of aryl methyl sites for hydroxylation is 1. The number of nitrogens with zero attached hydrogens (tertiary/aromatic N) is 1. The van der Waals surface area contributed by atoms with E-state index in [2.05, 4.69) is 10.3 Å². The fourth-order valence-electron chi connectivity index (χ4n) is 2.45. The summed E-state index contributed by atoms with van der Waals surface area (Å²) in [6.07, 6.45) is 6.31. The van der Waals surface area contributed by atoms with Gasteiger partial charge in [0.25, 0.3) is 0 Å². The number of carboxylic acids is 1. The molecule has 1 aliphatic rings. The van der Waals surface area contributed by atoms with E-state index in [4.69, 9.17) is 5.11 Å². The molecule has 2 unspecified atom stereocenters. The van der Waals surface area contributed by atoms with Crippen LogP contribution in [0.3, 0.4) is 0 Å². The molecule has 1 fully saturated rings. The van der Waals surface area contributed by atoms with Gasteiger partial charge in [-0.3, -0.25) is 9.59 Å². The molecule has 108 valence electrons. The molecule has 2 rings (SSSR count). The molecule has 1 saturated carbocycles. The third kappa shape index (κ3) is 3.90. The standard InChI is InChI=1S/C14H18N2O3S/c1-9-15-10(8-20-9)6-7-13(17)16-12-5-3-2-4-11(12)14(18)19/h6-8,11-12H,2-5H2,1H3,(H,16,17)(H,18,19). The molecule has 6 heteroatoms. The van der Waals surface area contributed by atoms with Crippen LogP contribution in [0.25, 0.3) is 6.08 Å². The molecule has 0 saturated heterocycles. The lowest BCUT2D eigenvalue weighted by molar-refractivity contribution is -0.144. The molecular formula is C14H18N2O3S. The Morgan fingerprint density at radius 1 is 1.45 bits per heavy atom.